The maximum atomic E-state index is 14.5. The zero-order chi connectivity index (χ0) is 33.2. The fraction of sp³-hybridized carbons (Fsp3) is 0.400. The van der Waals surface area contributed by atoms with Gasteiger partial charge in [0.05, 0.1) is 13.0 Å². The summed E-state index contributed by atoms with van der Waals surface area (Å²) < 4.78 is 99.3. The van der Waals surface area contributed by atoms with Crippen LogP contribution in [0.25, 0.3) is 5.65 Å². The van der Waals surface area contributed by atoms with Crippen molar-refractivity contribution in [2.24, 2.45) is 0 Å². The van der Waals surface area contributed by atoms with Gasteiger partial charge in [-0.05, 0) is 66.3 Å². The Bertz CT molecular complexity index is 1950. The lowest BCUT2D eigenvalue weighted by Gasteiger charge is -2.40. The summed E-state index contributed by atoms with van der Waals surface area (Å²) in [7, 11) is -4.19. The lowest BCUT2D eigenvalue weighted by atomic mass is 9.85. The Morgan fingerprint density at radius 2 is 1.91 bits per heavy atom. The van der Waals surface area contributed by atoms with Gasteiger partial charge in [-0.2, -0.15) is 17.5 Å². The summed E-state index contributed by atoms with van der Waals surface area (Å²) in [6, 6.07) is 8.75. The Morgan fingerprint density at radius 1 is 1.15 bits per heavy atom. The van der Waals surface area contributed by atoms with E-state index < -0.39 is 65.3 Å². The van der Waals surface area contributed by atoms with E-state index in [1.807, 2.05) is 0 Å². The molecule has 4 aromatic rings. The lowest BCUT2D eigenvalue weighted by Crippen LogP contribution is -2.52. The van der Waals surface area contributed by atoms with Crippen LogP contribution in [-0.4, -0.2) is 68.4 Å². The number of carbonyl (C=O) groups is 1. The van der Waals surface area contributed by atoms with Crippen LogP contribution in [0.5, 0.6) is 0 Å². The van der Waals surface area contributed by atoms with E-state index in [1.54, 1.807) is 25.1 Å². The van der Waals surface area contributed by atoms with Gasteiger partial charge in [0.2, 0.25) is 15.8 Å². The van der Waals surface area contributed by atoms with Crippen molar-refractivity contribution < 1.29 is 40.3 Å². The quantitative estimate of drug-likeness (QED) is 0.280. The van der Waals surface area contributed by atoms with Crippen molar-refractivity contribution in [2.75, 3.05) is 18.0 Å². The molecule has 0 saturated carbocycles. The number of aromatic nitrogens is 4. The van der Waals surface area contributed by atoms with Gasteiger partial charge in [-0.3, -0.25) is 9.20 Å². The Labute approximate surface area is 260 Å². The molecule has 2 aliphatic rings. The SMILES string of the molecule is Cc1ccc(C(CC(=O)O)c2ccn3c(C(F)(F)F)nnc3c2C)cc1CN1CC2CCC(F)(F)CN2c2ncccc2S1(=O)=O. The van der Waals surface area contributed by atoms with Crippen LogP contribution in [-0.2, 0) is 27.5 Å². The zero-order valence-electron chi connectivity index (χ0n) is 24.7. The molecular weight excluding hydrogens is 635 g/mol. The van der Waals surface area contributed by atoms with Crippen LogP contribution in [0, 0.1) is 13.8 Å². The number of carboxylic acids is 1. The number of pyridine rings is 2. The number of anilines is 1. The number of benzene rings is 1. The molecule has 1 aromatic carbocycles. The molecule has 2 unspecified atom stereocenters. The minimum absolute atomic E-state index is 0.0191. The fourth-order valence-corrected chi connectivity index (χ4v) is 7.97. The zero-order valence-corrected chi connectivity index (χ0v) is 25.5. The number of halogens is 5. The highest BCUT2D eigenvalue weighted by Gasteiger charge is 2.46. The van der Waals surface area contributed by atoms with Gasteiger partial charge in [0.1, 0.15) is 10.7 Å². The van der Waals surface area contributed by atoms with E-state index in [4.69, 9.17) is 0 Å². The molecule has 0 radical (unpaired) electrons. The summed E-state index contributed by atoms with van der Waals surface area (Å²) in [5.74, 6) is -6.21. The number of nitrogens with zero attached hydrogens (tertiary/aromatic N) is 6. The molecule has 0 aliphatic carbocycles. The molecule has 2 aliphatic heterocycles. The molecule has 0 bridgehead atoms. The summed E-state index contributed by atoms with van der Waals surface area (Å²) >= 11 is 0. The minimum Gasteiger partial charge on any atom is -0.481 e. The fourth-order valence-electron chi connectivity index (χ4n) is 6.37. The smallest absolute Gasteiger partial charge is 0.452 e. The molecule has 16 heteroatoms. The van der Waals surface area contributed by atoms with Crippen molar-refractivity contribution in [3.05, 3.63) is 82.4 Å². The number of hydrogen-bond acceptors (Lipinski definition) is 7. The van der Waals surface area contributed by atoms with Crippen molar-refractivity contribution in [3.63, 3.8) is 0 Å². The predicted molar refractivity (Wildman–Crippen MR) is 155 cm³/mol. The molecule has 3 aromatic heterocycles. The van der Waals surface area contributed by atoms with Gasteiger partial charge in [-0.15, -0.1) is 10.2 Å². The van der Waals surface area contributed by atoms with Crippen LogP contribution in [0.4, 0.5) is 27.8 Å². The van der Waals surface area contributed by atoms with Crippen molar-refractivity contribution in [3.8, 4) is 0 Å². The van der Waals surface area contributed by atoms with E-state index >= 15 is 0 Å². The van der Waals surface area contributed by atoms with Gasteiger partial charge in [0.15, 0.2) is 5.65 Å². The van der Waals surface area contributed by atoms with Gasteiger partial charge < -0.3 is 10.0 Å². The summed E-state index contributed by atoms with van der Waals surface area (Å²) in [4.78, 5) is 17.4. The Hall–Kier alpha value is -4.18. The molecule has 2 atom stereocenters. The van der Waals surface area contributed by atoms with Gasteiger partial charge >= 0.3 is 12.1 Å². The van der Waals surface area contributed by atoms with Crippen LogP contribution >= 0.6 is 0 Å². The van der Waals surface area contributed by atoms with E-state index in [2.05, 4.69) is 15.2 Å². The summed E-state index contributed by atoms with van der Waals surface area (Å²) in [5.41, 5.74) is 2.42. The number of rotatable bonds is 6. The third-order valence-electron chi connectivity index (χ3n) is 8.74. The monoisotopic (exact) mass is 664 g/mol. The average molecular weight is 665 g/mol. The second-order valence-electron chi connectivity index (χ2n) is 11.7. The molecule has 5 heterocycles. The maximum absolute atomic E-state index is 14.5. The van der Waals surface area contributed by atoms with Crippen molar-refractivity contribution in [1.29, 1.82) is 0 Å². The van der Waals surface area contributed by atoms with E-state index in [0.29, 0.717) is 27.8 Å². The first-order chi connectivity index (χ1) is 21.6. The van der Waals surface area contributed by atoms with Crippen LogP contribution in [0.15, 0.2) is 53.7 Å². The standard InChI is InChI=1S/C30H29F5N6O4S/c1-17-5-6-19(23(13-25(42)43)22-8-11-40-26(18(22)2)37-38-28(40)30(33,34)35)12-20(17)14-39-15-21-7-9-29(31,32)16-41(21)27-24(46(39,44)45)4-3-10-36-27/h3-6,8,10-12,21,23H,7,9,13-16H2,1-2H3,(H,42,43). The van der Waals surface area contributed by atoms with E-state index in [0.717, 1.165) is 10.6 Å². The number of sulfonamides is 1. The normalized spacial score (nSPS) is 20.2. The summed E-state index contributed by atoms with van der Waals surface area (Å²) in [6.07, 6.45) is -2.98. The van der Waals surface area contributed by atoms with Gasteiger partial charge in [-0.1, -0.05) is 18.2 Å². The number of carboxylic acid groups (broad SMARTS) is 1. The number of alkyl halides is 5. The second-order valence-corrected chi connectivity index (χ2v) is 13.7. The predicted octanol–water partition coefficient (Wildman–Crippen LogP) is 5.18. The maximum Gasteiger partial charge on any atom is 0.452 e. The van der Waals surface area contributed by atoms with Crippen LogP contribution in [0.3, 0.4) is 0 Å². The first-order valence-corrected chi connectivity index (χ1v) is 15.8. The molecule has 1 N–H and O–H groups in total. The molecule has 6 rings (SSSR count). The third kappa shape index (κ3) is 5.68. The highest BCUT2D eigenvalue weighted by molar-refractivity contribution is 7.89. The number of fused-ring (bicyclic) bond motifs is 4. The number of piperidine rings is 1. The van der Waals surface area contributed by atoms with Gasteiger partial charge in [0, 0.05) is 43.9 Å². The topological polar surface area (TPSA) is 121 Å². The molecule has 1 fully saturated rings. The van der Waals surface area contributed by atoms with E-state index in [1.165, 1.54) is 40.5 Å². The molecule has 0 amide bonds. The average Bonchev–Trinajstić information content (AvgIpc) is 3.40. The first-order valence-electron chi connectivity index (χ1n) is 14.4. The number of aliphatic carboxylic acids is 1. The highest BCUT2D eigenvalue weighted by Crippen LogP contribution is 2.40. The molecule has 46 heavy (non-hydrogen) atoms. The number of hydrogen-bond donors (Lipinski definition) is 1. The van der Waals surface area contributed by atoms with Gasteiger partial charge in [-0.25, -0.2) is 22.2 Å². The van der Waals surface area contributed by atoms with E-state index in [-0.39, 0.29) is 35.9 Å². The summed E-state index contributed by atoms with van der Waals surface area (Å²) in [5, 5.41) is 16.8. The molecular formula is C30H29F5N6O4S. The molecule has 10 nitrogen and oxygen atoms in total. The summed E-state index contributed by atoms with van der Waals surface area (Å²) in [6.45, 7) is 2.45. The van der Waals surface area contributed by atoms with Crippen LogP contribution < -0.4 is 4.90 Å². The van der Waals surface area contributed by atoms with Gasteiger partial charge in [0.25, 0.3) is 5.92 Å². The Morgan fingerprint density at radius 3 is 2.63 bits per heavy atom. The van der Waals surface area contributed by atoms with Crippen molar-refractivity contribution in [2.45, 2.75) is 68.6 Å². The highest BCUT2D eigenvalue weighted by atomic mass is 32.2. The van der Waals surface area contributed by atoms with Crippen LogP contribution in [0.1, 0.15) is 58.8 Å². The Kier molecular flexibility index (Phi) is 7.78. The lowest BCUT2D eigenvalue weighted by molar-refractivity contribution is -0.145. The Balaban J connectivity index is 1.40. The number of aryl methyl sites for hydroxylation is 2. The third-order valence-corrected chi connectivity index (χ3v) is 10.6. The van der Waals surface area contributed by atoms with Crippen LogP contribution in [0.2, 0.25) is 0 Å². The molecule has 1 saturated heterocycles. The molecule has 0 spiro atoms. The molecule has 244 valence electrons. The van der Waals surface area contributed by atoms with Crippen molar-refractivity contribution >= 4 is 27.5 Å². The minimum atomic E-state index is -4.75. The van der Waals surface area contributed by atoms with Crippen molar-refractivity contribution in [1.82, 2.24) is 23.9 Å². The second kappa shape index (κ2) is 11.3. The van der Waals surface area contributed by atoms with E-state index in [9.17, 15) is 40.3 Å². The first kappa shape index (κ1) is 31.8. The largest absolute Gasteiger partial charge is 0.481 e.